The van der Waals surface area contributed by atoms with Crippen molar-refractivity contribution in [1.29, 1.82) is 0 Å². The fourth-order valence-corrected chi connectivity index (χ4v) is 3.47. The number of benzene rings is 2. The largest absolute Gasteiger partial charge is 0.333 e. The molecule has 0 spiro atoms. The van der Waals surface area contributed by atoms with Crippen LogP contribution in [0.25, 0.3) is 0 Å². The van der Waals surface area contributed by atoms with E-state index >= 15 is 0 Å². The zero-order valence-corrected chi connectivity index (χ0v) is 16.7. The molecule has 2 aromatic rings. The Balaban J connectivity index is 1.54. The van der Waals surface area contributed by atoms with Gasteiger partial charge in [0.15, 0.2) is 0 Å². The van der Waals surface area contributed by atoms with Crippen LogP contribution in [0.2, 0.25) is 10.0 Å². The first-order valence-corrected chi connectivity index (χ1v) is 9.91. The average molecular weight is 421 g/mol. The Morgan fingerprint density at radius 3 is 1.39 bits per heavy atom. The van der Waals surface area contributed by atoms with Gasteiger partial charge in [0.2, 0.25) is 0 Å². The lowest BCUT2D eigenvalue weighted by atomic mass is 9.90. The molecule has 0 aliphatic heterocycles. The number of rotatable bonds is 4. The second-order valence-electron chi connectivity index (χ2n) is 6.71. The minimum Gasteiger partial charge on any atom is -0.333 e. The summed E-state index contributed by atoms with van der Waals surface area (Å²) in [4.78, 5) is 24.6. The molecule has 4 N–H and O–H groups in total. The quantitative estimate of drug-likeness (QED) is 0.544. The predicted molar refractivity (Wildman–Crippen MR) is 113 cm³/mol. The third-order valence-corrected chi connectivity index (χ3v) is 5.11. The smallest absolute Gasteiger partial charge is 0.319 e. The van der Waals surface area contributed by atoms with Crippen LogP contribution in [-0.4, -0.2) is 24.1 Å². The summed E-state index contributed by atoms with van der Waals surface area (Å²) in [5, 5.41) is 12.7. The van der Waals surface area contributed by atoms with Gasteiger partial charge in [-0.05, 0) is 61.4 Å². The Kier molecular flexibility index (Phi) is 7.01. The topological polar surface area (TPSA) is 82.3 Å². The summed E-state index contributed by atoms with van der Waals surface area (Å²) in [5.41, 5.74) is 1.31. The monoisotopic (exact) mass is 420 g/mol. The highest BCUT2D eigenvalue weighted by atomic mass is 35.5. The number of amides is 4. The first kappa shape index (κ1) is 20.3. The first-order valence-electron chi connectivity index (χ1n) is 9.16. The Bertz CT molecular complexity index is 742. The number of hydrogen-bond donors (Lipinski definition) is 4. The number of hydrogen-bond acceptors (Lipinski definition) is 2. The molecule has 1 fully saturated rings. The van der Waals surface area contributed by atoms with Crippen molar-refractivity contribution < 1.29 is 9.59 Å². The molecule has 148 valence electrons. The zero-order chi connectivity index (χ0) is 19.9. The van der Waals surface area contributed by atoms with Gasteiger partial charge in [0.1, 0.15) is 0 Å². The van der Waals surface area contributed by atoms with Crippen LogP contribution in [0.15, 0.2) is 48.5 Å². The van der Waals surface area contributed by atoms with Crippen molar-refractivity contribution in [1.82, 2.24) is 10.6 Å². The van der Waals surface area contributed by atoms with E-state index in [-0.39, 0.29) is 24.1 Å². The van der Waals surface area contributed by atoms with Crippen LogP contribution >= 0.6 is 23.2 Å². The number of urea groups is 2. The van der Waals surface area contributed by atoms with Crippen molar-refractivity contribution in [2.75, 3.05) is 10.6 Å². The van der Waals surface area contributed by atoms with E-state index in [2.05, 4.69) is 21.3 Å². The van der Waals surface area contributed by atoms with E-state index in [9.17, 15) is 9.59 Å². The highest BCUT2D eigenvalue weighted by Crippen LogP contribution is 2.20. The van der Waals surface area contributed by atoms with Gasteiger partial charge in [0.25, 0.3) is 0 Å². The highest BCUT2D eigenvalue weighted by Gasteiger charge is 2.27. The number of nitrogens with one attached hydrogen (secondary N) is 4. The van der Waals surface area contributed by atoms with Gasteiger partial charge in [0, 0.05) is 21.4 Å². The Hall–Kier alpha value is -2.44. The molecule has 2 aromatic carbocycles. The molecule has 0 unspecified atom stereocenters. The molecule has 0 bridgehead atoms. The molecule has 1 aliphatic carbocycles. The number of anilines is 2. The molecule has 1 aliphatic rings. The highest BCUT2D eigenvalue weighted by molar-refractivity contribution is 6.30. The molecule has 0 aromatic heterocycles. The van der Waals surface area contributed by atoms with Gasteiger partial charge in [-0.25, -0.2) is 9.59 Å². The first-order chi connectivity index (χ1) is 13.5. The van der Waals surface area contributed by atoms with Crippen molar-refractivity contribution in [3.63, 3.8) is 0 Å². The van der Waals surface area contributed by atoms with Gasteiger partial charge >= 0.3 is 12.1 Å². The summed E-state index contributed by atoms with van der Waals surface area (Å²) in [5.74, 6) is 0. The van der Waals surface area contributed by atoms with Crippen LogP contribution in [0.5, 0.6) is 0 Å². The lowest BCUT2D eigenvalue weighted by Crippen LogP contribution is -2.54. The molecule has 28 heavy (non-hydrogen) atoms. The van der Waals surface area contributed by atoms with E-state index in [4.69, 9.17) is 23.2 Å². The van der Waals surface area contributed by atoms with Crippen LogP contribution in [0.1, 0.15) is 25.7 Å². The number of halogens is 2. The molecule has 8 heteroatoms. The third-order valence-electron chi connectivity index (χ3n) is 4.60. The summed E-state index contributed by atoms with van der Waals surface area (Å²) >= 11 is 11.7. The van der Waals surface area contributed by atoms with Gasteiger partial charge in [-0.15, -0.1) is 0 Å². The van der Waals surface area contributed by atoms with Crippen LogP contribution < -0.4 is 21.3 Å². The Morgan fingerprint density at radius 1 is 0.679 bits per heavy atom. The van der Waals surface area contributed by atoms with E-state index in [0.717, 1.165) is 25.7 Å². The van der Waals surface area contributed by atoms with Crippen molar-refractivity contribution in [2.45, 2.75) is 37.8 Å². The standard InChI is InChI=1S/C20H22Cl2N4O2/c21-13-5-9-15(10-6-13)23-19(27)25-17-3-1-2-4-18(17)26-20(28)24-16-11-7-14(22)8-12-16/h5-12,17-18H,1-4H2,(H2,23,25,27)(H2,24,26,28)/t17-,18+. The summed E-state index contributed by atoms with van der Waals surface area (Å²) < 4.78 is 0. The normalized spacial score (nSPS) is 18.8. The summed E-state index contributed by atoms with van der Waals surface area (Å²) in [6, 6.07) is 12.9. The summed E-state index contributed by atoms with van der Waals surface area (Å²) in [6.07, 6.45) is 3.62. The summed E-state index contributed by atoms with van der Waals surface area (Å²) in [6.45, 7) is 0. The Morgan fingerprint density at radius 2 is 1.04 bits per heavy atom. The van der Waals surface area contributed by atoms with Crippen LogP contribution in [0.3, 0.4) is 0 Å². The van der Waals surface area contributed by atoms with Crippen LogP contribution in [-0.2, 0) is 0 Å². The predicted octanol–water partition coefficient (Wildman–Crippen LogP) is 5.25. The van der Waals surface area contributed by atoms with E-state index in [1.165, 1.54) is 0 Å². The molecule has 0 saturated heterocycles. The molecular formula is C20H22Cl2N4O2. The van der Waals surface area contributed by atoms with Crippen molar-refractivity contribution in [2.24, 2.45) is 0 Å². The van der Waals surface area contributed by atoms with E-state index in [1.807, 2.05) is 0 Å². The molecule has 0 heterocycles. The molecular weight excluding hydrogens is 399 g/mol. The molecule has 4 amide bonds. The molecule has 0 radical (unpaired) electrons. The lowest BCUT2D eigenvalue weighted by molar-refractivity contribution is 0.225. The average Bonchev–Trinajstić information content (AvgIpc) is 2.67. The maximum Gasteiger partial charge on any atom is 0.319 e. The van der Waals surface area contributed by atoms with Gasteiger partial charge in [-0.3, -0.25) is 0 Å². The van der Waals surface area contributed by atoms with Crippen molar-refractivity contribution >= 4 is 46.6 Å². The third kappa shape index (κ3) is 6.04. The van der Waals surface area contributed by atoms with Crippen LogP contribution in [0.4, 0.5) is 21.0 Å². The molecule has 2 atom stereocenters. The van der Waals surface area contributed by atoms with Crippen LogP contribution in [0, 0.1) is 0 Å². The molecule has 6 nitrogen and oxygen atoms in total. The maximum absolute atomic E-state index is 12.3. The van der Waals surface area contributed by atoms with E-state index < -0.39 is 0 Å². The SMILES string of the molecule is O=C(Nc1ccc(Cl)cc1)N[C@H]1CCCC[C@H]1NC(=O)Nc1ccc(Cl)cc1. The number of carbonyl (C=O) groups excluding carboxylic acids is 2. The minimum atomic E-state index is -0.306. The summed E-state index contributed by atoms with van der Waals surface area (Å²) in [7, 11) is 0. The molecule has 1 saturated carbocycles. The number of carbonyl (C=O) groups is 2. The van der Waals surface area contributed by atoms with Gasteiger partial charge in [-0.1, -0.05) is 36.0 Å². The van der Waals surface area contributed by atoms with Gasteiger partial charge in [0.05, 0.1) is 12.1 Å². The lowest BCUT2D eigenvalue weighted by Gasteiger charge is -2.32. The fraction of sp³-hybridized carbons (Fsp3) is 0.300. The second kappa shape index (κ2) is 9.66. The fourth-order valence-electron chi connectivity index (χ4n) is 3.21. The van der Waals surface area contributed by atoms with E-state index in [1.54, 1.807) is 48.5 Å². The zero-order valence-electron chi connectivity index (χ0n) is 15.2. The van der Waals surface area contributed by atoms with Crippen molar-refractivity contribution in [3.05, 3.63) is 58.6 Å². The van der Waals surface area contributed by atoms with Gasteiger partial charge < -0.3 is 21.3 Å². The minimum absolute atomic E-state index is 0.142. The van der Waals surface area contributed by atoms with Crippen molar-refractivity contribution in [3.8, 4) is 0 Å². The second-order valence-corrected chi connectivity index (χ2v) is 7.58. The Labute approximate surface area is 174 Å². The molecule has 3 rings (SSSR count). The van der Waals surface area contributed by atoms with E-state index in [0.29, 0.717) is 21.4 Å². The maximum atomic E-state index is 12.3. The van der Waals surface area contributed by atoms with Gasteiger partial charge in [-0.2, -0.15) is 0 Å².